The van der Waals surface area contributed by atoms with E-state index < -0.39 is 21.5 Å². The van der Waals surface area contributed by atoms with Gasteiger partial charge in [0.25, 0.3) is 0 Å². The van der Waals surface area contributed by atoms with E-state index >= 15 is 0 Å². The molecule has 6 heteroatoms. The van der Waals surface area contributed by atoms with Crippen molar-refractivity contribution in [1.82, 2.24) is 0 Å². The molecule has 0 spiro atoms. The molecule has 2 aliphatic rings. The molecule has 0 fully saturated rings. The Labute approximate surface area is 219 Å². The second-order valence-corrected chi connectivity index (χ2v) is 53.3. The minimum atomic E-state index is -4.80. The molecule has 2 unspecified atom stereocenters. The van der Waals surface area contributed by atoms with Crippen molar-refractivity contribution in [2.24, 2.45) is 0 Å². The Morgan fingerprint density at radius 1 is 0.559 bits per heavy atom. The molecule has 0 radical (unpaired) electrons. The molecule has 0 aromatic heterocycles. The van der Waals surface area contributed by atoms with Crippen LogP contribution >= 0.6 is 40.2 Å². The van der Waals surface area contributed by atoms with Gasteiger partial charge in [0.1, 0.15) is 0 Å². The van der Waals surface area contributed by atoms with E-state index in [4.69, 9.17) is 40.2 Å². The van der Waals surface area contributed by atoms with Crippen LogP contribution in [0.5, 0.6) is 0 Å². The van der Waals surface area contributed by atoms with Gasteiger partial charge in [-0.1, -0.05) is 0 Å². The third-order valence-electron chi connectivity index (χ3n) is 7.98. The molecule has 0 saturated heterocycles. The van der Waals surface area contributed by atoms with Crippen LogP contribution in [0.15, 0.2) is 84.9 Å². The quantitative estimate of drug-likeness (QED) is 0.200. The molecule has 2 aliphatic carbocycles. The van der Waals surface area contributed by atoms with Gasteiger partial charge in [-0.3, -0.25) is 0 Å². The number of hydrogen-bond acceptors (Lipinski definition) is 0. The van der Waals surface area contributed by atoms with E-state index in [-0.39, 0.29) is 7.25 Å². The SMILES string of the molecule is C[SiH](C)[Zr]([Cl])([Cl])([CH]1c2ccccc2-c2ccc(Cl)cc21)[CH]1c2ccccc2-c2ccc(Cl)cc21. The van der Waals surface area contributed by atoms with Crippen molar-refractivity contribution < 1.29 is 15.6 Å². The molecule has 0 amide bonds. The van der Waals surface area contributed by atoms with Crippen LogP contribution in [0.2, 0.25) is 23.1 Å². The van der Waals surface area contributed by atoms with Gasteiger partial charge < -0.3 is 0 Å². The standard InChI is InChI=1S/2C13H8Cl.C2H7Si.2ClH.Zr/c2*14-11-5-6-13-10(8-11)7-9-3-1-2-4-12(9)13;1-3-2;;;/h2*1-8H;3H,1-2H3;2*1H;/q;;;;;+2/p-2. The zero-order chi connectivity index (χ0) is 23.9. The van der Waals surface area contributed by atoms with E-state index in [0.29, 0.717) is 0 Å². The average Bonchev–Trinajstić information content (AvgIpc) is 3.32. The summed E-state index contributed by atoms with van der Waals surface area (Å²) in [7, 11) is 16.6. The molecule has 4 aromatic carbocycles. The fraction of sp³-hybridized carbons (Fsp3) is 0.143. The maximum absolute atomic E-state index is 8.31. The normalized spacial score (nSPS) is 19.2. The van der Waals surface area contributed by atoms with E-state index in [1.165, 1.54) is 44.5 Å². The van der Waals surface area contributed by atoms with Crippen molar-refractivity contribution in [2.45, 2.75) is 20.3 Å². The zero-order valence-corrected chi connectivity index (χ0v) is 25.5. The third-order valence-corrected chi connectivity index (χ3v) is 60.0. The topological polar surface area (TPSA) is 0 Å². The number of hydrogen-bond donors (Lipinski definition) is 0. The predicted octanol–water partition coefficient (Wildman–Crippen LogP) is 9.81. The molecular weight excluding hydrogens is 597 g/mol. The summed E-state index contributed by atoms with van der Waals surface area (Å²) in [6.45, 7) is 4.70. The van der Waals surface area contributed by atoms with Crippen molar-refractivity contribution >= 4 is 46.2 Å². The summed E-state index contributed by atoms with van der Waals surface area (Å²) < 4.78 is -0.0475. The Morgan fingerprint density at radius 2 is 0.941 bits per heavy atom. The summed E-state index contributed by atoms with van der Waals surface area (Å²) in [6.07, 6.45) is 0. The van der Waals surface area contributed by atoms with Crippen LogP contribution in [-0.4, -0.2) is 5.92 Å². The van der Waals surface area contributed by atoms with Gasteiger partial charge in [-0.2, -0.15) is 0 Å². The van der Waals surface area contributed by atoms with Crippen LogP contribution in [-0.2, 0) is 15.6 Å². The first-order valence-electron chi connectivity index (χ1n) is 11.6. The Morgan fingerprint density at radius 3 is 1.35 bits per heavy atom. The van der Waals surface area contributed by atoms with Crippen LogP contribution in [0.1, 0.15) is 29.5 Å². The third kappa shape index (κ3) is 3.13. The Hall–Kier alpha value is -0.860. The molecule has 2 atom stereocenters. The molecule has 0 heterocycles. The molecule has 0 nitrogen and oxygen atoms in total. The first-order chi connectivity index (χ1) is 16.2. The molecule has 34 heavy (non-hydrogen) atoms. The van der Waals surface area contributed by atoms with Gasteiger partial charge in [0.2, 0.25) is 0 Å². The Bertz CT molecular complexity index is 1370. The Balaban J connectivity index is 1.72. The molecule has 0 saturated carbocycles. The van der Waals surface area contributed by atoms with E-state index in [9.17, 15) is 0 Å². The van der Waals surface area contributed by atoms with Crippen LogP contribution in [0.4, 0.5) is 0 Å². The second kappa shape index (κ2) is 8.07. The minimum absolute atomic E-state index is 0.0238. The van der Waals surface area contributed by atoms with Crippen LogP contribution in [0.25, 0.3) is 22.3 Å². The van der Waals surface area contributed by atoms with Crippen LogP contribution < -0.4 is 0 Å². The molecule has 171 valence electrons. The van der Waals surface area contributed by atoms with Gasteiger partial charge in [-0.15, -0.1) is 0 Å². The van der Waals surface area contributed by atoms with E-state index in [1.54, 1.807) is 0 Å². The van der Waals surface area contributed by atoms with Crippen molar-refractivity contribution in [3.8, 4) is 22.3 Å². The summed E-state index contributed by atoms with van der Waals surface area (Å²) in [4.78, 5) is 0. The van der Waals surface area contributed by atoms with Gasteiger partial charge in [-0.25, -0.2) is 0 Å². The first-order valence-corrected chi connectivity index (χ1v) is 28.6. The molecule has 4 aromatic rings. The van der Waals surface area contributed by atoms with Gasteiger partial charge >= 0.3 is 222 Å². The second-order valence-electron chi connectivity index (χ2n) is 9.88. The molecular formula is C28H23Cl4SiZr. The summed E-state index contributed by atoms with van der Waals surface area (Å²) >= 11 is 8.36. The van der Waals surface area contributed by atoms with Gasteiger partial charge in [0, 0.05) is 0 Å². The molecule has 0 bridgehead atoms. The molecule has 6 rings (SSSR count). The summed E-state index contributed by atoms with van der Waals surface area (Å²) in [6, 6.07) is 29.7. The summed E-state index contributed by atoms with van der Waals surface area (Å²) in [5.41, 5.74) is 9.77. The van der Waals surface area contributed by atoms with Gasteiger partial charge in [-0.05, 0) is 0 Å². The van der Waals surface area contributed by atoms with Gasteiger partial charge in [0.15, 0.2) is 0 Å². The van der Waals surface area contributed by atoms with Crippen molar-refractivity contribution in [3.63, 3.8) is 0 Å². The van der Waals surface area contributed by atoms with E-state index in [2.05, 4.69) is 85.9 Å². The zero-order valence-electron chi connectivity index (χ0n) is 18.8. The predicted molar refractivity (Wildman–Crippen MR) is 148 cm³/mol. The maximum atomic E-state index is 8.31. The number of fused-ring (bicyclic) bond motifs is 6. The number of rotatable bonds is 3. The van der Waals surface area contributed by atoms with Crippen LogP contribution in [0, 0.1) is 0 Å². The fourth-order valence-electron chi connectivity index (χ4n) is 6.38. The average molecular weight is 621 g/mol. The monoisotopic (exact) mass is 617 g/mol. The van der Waals surface area contributed by atoms with Crippen LogP contribution in [0.3, 0.4) is 0 Å². The van der Waals surface area contributed by atoms with E-state index in [0.717, 1.165) is 10.0 Å². The summed E-state index contributed by atoms with van der Waals surface area (Å²) in [5.74, 6) is -1.63. The summed E-state index contributed by atoms with van der Waals surface area (Å²) in [5, 5.41) is 1.45. The number of halogens is 4. The van der Waals surface area contributed by atoms with Crippen molar-refractivity contribution in [2.75, 3.05) is 0 Å². The number of benzene rings is 4. The fourth-order valence-corrected chi connectivity index (χ4v) is 36.8. The van der Waals surface area contributed by atoms with Gasteiger partial charge in [0.05, 0.1) is 0 Å². The Kier molecular flexibility index (Phi) is 5.59. The first kappa shape index (κ1) is 23.5. The van der Waals surface area contributed by atoms with Crippen molar-refractivity contribution in [1.29, 1.82) is 0 Å². The van der Waals surface area contributed by atoms with E-state index in [1.807, 2.05) is 12.1 Å². The molecule has 0 N–H and O–H groups in total. The van der Waals surface area contributed by atoms with Crippen molar-refractivity contribution in [3.05, 3.63) is 117 Å². The molecule has 0 aliphatic heterocycles.